The number of hydroxylamine groups is 2. The van der Waals surface area contributed by atoms with Crippen LogP contribution in [0.1, 0.15) is 5.69 Å². The highest BCUT2D eigenvalue weighted by Gasteiger charge is 1.98. The summed E-state index contributed by atoms with van der Waals surface area (Å²) in [5.74, 6) is 0. The number of aromatic nitrogens is 1. The van der Waals surface area contributed by atoms with E-state index in [4.69, 9.17) is 4.84 Å². The molecule has 0 unspecified atom stereocenters. The van der Waals surface area contributed by atoms with Crippen molar-refractivity contribution in [3.63, 3.8) is 0 Å². The molecule has 0 aliphatic carbocycles. The van der Waals surface area contributed by atoms with Crippen molar-refractivity contribution in [3.8, 4) is 0 Å². The first-order valence-corrected chi connectivity index (χ1v) is 5.14. The van der Waals surface area contributed by atoms with E-state index in [0.717, 1.165) is 5.69 Å². The molecule has 90 valence electrons. The molecule has 0 N–H and O–H groups in total. The van der Waals surface area contributed by atoms with E-state index in [1.807, 2.05) is 32.3 Å². The largest absolute Gasteiger partial charge is 0.294 e. The summed E-state index contributed by atoms with van der Waals surface area (Å²) in [6, 6.07) is 5.60. The number of pyridine rings is 1. The molecule has 0 fully saturated rings. The van der Waals surface area contributed by atoms with E-state index in [2.05, 4.69) is 21.7 Å². The van der Waals surface area contributed by atoms with Crippen molar-refractivity contribution >= 4 is 18.6 Å². The molecule has 0 spiro atoms. The van der Waals surface area contributed by atoms with Gasteiger partial charge in [0.2, 0.25) is 0 Å². The van der Waals surface area contributed by atoms with Gasteiger partial charge in [0.15, 0.2) is 0 Å². The fourth-order valence-corrected chi connectivity index (χ4v) is 1.08. The quantitative estimate of drug-likeness (QED) is 0.553. The van der Waals surface area contributed by atoms with Crippen molar-refractivity contribution in [2.75, 3.05) is 20.7 Å². The van der Waals surface area contributed by atoms with Gasteiger partial charge in [0.1, 0.15) is 12.3 Å². The third-order valence-electron chi connectivity index (χ3n) is 1.78. The van der Waals surface area contributed by atoms with Crippen molar-refractivity contribution in [3.05, 3.63) is 36.3 Å². The molecule has 0 aliphatic rings. The molecule has 5 heteroatoms. The first-order valence-electron chi connectivity index (χ1n) is 5.14. The highest BCUT2D eigenvalue weighted by atomic mass is 16.7. The second-order valence-corrected chi connectivity index (χ2v) is 3.33. The molecule has 0 aliphatic heterocycles. The number of aliphatic imine (C=N–C) groups is 2. The average molecular weight is 232 g/mol. The van der Waals surface area contributed by atoms with E-state index in [0.29, 0.717) is 12.3 Å². The minimum Gasteiger partial charge on any atom is -0.294 e. The molecule has 0 radical (unpaired) electrons. The fourth-order valence-electron chi connectivity index (χ4n) is 1.08. The number of hydrogen-bond donors (Lipinski definition) is 0. The van der Waals surface area contributed by atoms with Gasteiger partial charge in [-0.05, 0) is 18.9 Å². The maximum Gasteiger partial charge on any atom is 0.106 e. The average Bonchev–Trinajstić information content (AvgIpc) is 2.34. The van der Waals surface area contributed by atoms with E-state index in [1.165, 1.54) is 0 Å². The van der Waals surface area contributed by atoms with Crippen molar-refractivity contribution in [1.29, 1.82) is 0 Å². The number of rotatable bonds is 6. The third kappa shape index (κ3) is 5.14. The Bertz CT molecular complexity index is 398. The van der Waals surface area contributed by atoms with Gasteiger partial charge < -0.3 is 0 Å². The lowest BCUT2D eigenvalue weighted by atomic mass is 10.3. The summed E-state index contributed by atoms with van der Waals surface area (Å²) in [5, 5.41) is 1.61. The van der Waals surface area contributed by atoms with E-state index < -0.39 is 0 Å². The van der Waals surface area contributed by atoms with Gasteiger partial charge in [0, 0.05) is 26.5 Å². The molecule has 17 heavy (non-hydrogen) atoms. The van der Waals surface area contributed by atoms with Crippen LogP contribution in [0.5, 0.6) is 0 Å². The second kappa shape index (κ2) is 7.43. The predicted octanol–water partition coefficient (Wildman–Crippen LogP) is 1.64. The Kier molecular flexibility index (Phi) is 5.77. The Labute approximate surface area is 101 Å². The Balaban J connectivity index is 2.69. The van der Waals surface area contributed by atoms with Crippen LogP contribution < -0.4 is 0 Å². The zero-order valence-electron chi connectivity index (χ0n) is 10.1. The Hall–Kier alpha value is -1.85. The molecular weight excluding hydrogens is 216 g/mol. The molecule has 0 atom stereocenters. The van der Waals surface area contributed by atoms with Crippen LogP contribution in [0, 0.1) is 0 Å². The van der Waals surface area contributed by atoms with Crippen LogP contribution in [0.25, 0.3) is 5.70 Å². The van der Waals surface area contributed by atoms with E-state index in [-0.39, 0.29) is 0 Å². The van der Waals surface area contributed by atoms with Gasteiger partial charge in [-0.1, -0.05) is 6.07 Å². The molecule has 0 saturated carbocycles. The first-order chi connectivity index (χ1) is 8.24. The van der Waals surface area contributed by atoms with Crippen LogP contribution in [0.4, 0.5) is 0 Å². The van der Waals surface area contributed by atoms with E-state index in [1.54, 1.807) is 23.7 Å². The first kappa shape index (κ1) is 13.2. The van der Waals surface area contributed by atoms with Crippen molar-refractivity contribution in [2.45, 2.75) is 0 Å². The monoisotopic (exact) mass is 232 g/mol. The summed E-state index contributed by atoms with van der Waals surface area (Å²) < 4.78 is 0. The minimum atomic E-state index is 0.397. The lowest BCUT2D eigenvalue weighted by Crippen LogP contribution is -2.13. The molecule has 1 heterocycles. The smallest absolute Gasteiger partial charge is 0.106 e. The maximum atomic E-state index is 5.20. The molecule has 0 saturated heterocycles. The lowest BCUT2D eigenvalue weighted by molar-refractivity contribution is -0.0994. The molecule has 1 aromatic rings. The van der Waals surface area contributed by atoms with Crippen molar-refractivity contribution < 1.29 is 4.84 Å². The summed E-state index contributed by atoms with van der Waals surface area (Å²) in [6.07, 6.45) is 4.93. The normalized spacial score (nSPS) is 12.3. The molecule has 1 rings (SSSR count). The van der Waals surface area contributed by atoms with Crippen LogP contribution in [0.15, 0.2) is 40.6 Å². The molecule has 0 aromatic carbocycles. The topological polar surface area (TPSA) is 50.1 Å². The van der Waals surface area contributed by atoms with Crippen molar-refractivity contribution in [1.82, 2.24) is 10.0 Å². The molecule has 0 bridgehead atoms. The van der Waals surface area contributed by atoms with Gasteiger partial charge >= 0.3 is 0 Å². The fraction of sp³-hybridized carbons (Fsp3) is 0.250. The molecule has 5 nitrogen and oxygen atoms in total. The zero-order chi connectivity index (χ0) is 12.5. The Morgan fingerprint density at radius 3 is 2.94 bits per heavy atom. The van der Waals surface area contributed by atoms with Gasteiger partial charge in [0.05, 0.1) is 11.9 Å². The van der Waals surface area contributed by atoms with E-state index >= 15 is 0 Å². The molecular formula is C12H16N4O. The maximum absolute atomic E-state index is 5.20. The summed E-state index contributed by atoms with van der Waals surface area (Å²) in [6.45, 7) is 3.81. The van der Waals surface area contributed by atoms with Crippen molar-refractivity contribution in [2.24, 2.45) is 9.98 Å². The highest BCUT2D eigenvalue weighted by molar-refractivity contribution is 5.72. The number of hydrogen-bond acceptors (Lipinski definition) is 5. The summed E-state index contributed by atoms with van der Waals surface area (Å²) in [5.41, 5.74) is 1.41. The lowest BCUT2D eigenvalue weighted by Gasteiger charge is -2.06. The van der Waals surface area contributed by atoms with Crippen LogP contribution in [-0.2, 0) is 4.84 Å². The van der Waals surface area contributed by atoms with Crippen LogP contribution >= 0.6 is 0 Å². The van der Waals surface area contributed by atoms with Gasteiger partial charge in [-0.15, -0.1) is 0 Å². The van der Waals surface area contributed by atoms with Crippen LogP contribution in [-0.4, -0.2) is 43.7 Å². The Morgan fingerprint density at radius 2 is 2.35 bits per heavy atom. The van der Waals surface area contributed by atoms with Crippen LogP contribution in [0.2, 0.25) is 0 Å². The summed E-state index contributed by atoms with van der Waals surface area (Å²) in [4.78, 5) is 17.3. The summed E-state index contributed by atoms with van der Waals surface area (Å²) >= 11 is 0. The third-order valence-corrected chi connectivity index (χ3v) is 1.78. The van der Waals surface area contributed by atoms with Gasteiger partial charge in [-0.3, -0.25) is 19.8 Å². The Morgan fingerprint density at radius 1 is 1.53 bits per heavy atom. The molecule has 0 amide bonds. The van der Waals surface area contributed by atoms with Crippen LogP contribution in [0.3, 0.4) is 0 Å². The second-order valence-electron chi connectivity index (χ2n) is 3.33. The van der Waals surface area contributed by atoms with Gasteiger partial charge in [-0.25, -0.2) is 0 Å². The minimum absolute atomic E-state index is 0.397. The zero-order valence-corrected chi connectivity index (χ0v) is 10.1. The standard InChI is InChI=1S/C12H16N4O/c1-13-10-12(11-6-4-5-7-14-11)15-8-9-17-16(2)3/h4-8,10H,1,9H2,2-3H3/b12-10-,15-8-. The summed E-state index contributed by atoms with van der Waals surface area (Å²) in [7, 11) is 3.63. The SMILES string of the molecule is C=N/C=C(\N=C/CON(C)C)c1ccccn1. The van der Waals surface area contributed by atoms with Gasteiger partial charge in [-0.2, -0.15) is 5.06 Å². The van der Waals surface area contributed by atoms with Gasteiger partial charge in [0.25, 0.3) is 0 Å². The predicted molar refractivity (Wildman–Crippen MR) is 69.9 cm³/mol. The highest BCUT2D eigenvalue weighted by Crippen LogP contribution is 2.11. The molecule has 1 aromatic heterocycles. The van der Waals surface area contributed by atoms with E-state index in [9.17, 15) is 0 Å². The number of nitrogens with zero attached hydrogens (tertiary/aromatic N) is 4.